The zero-order valence-electron chi connectivity index (χ0n) is 21.1. The molecular formula is C28H29F3N2O4S. The molecule has 6 nitrogen and oxygen atoms in total. The third-order valence-corrected chi connectivity index (χ3v) is 7.80. The van der Waals surface area contributed by atoms with Crippen LogP contribution in [-0.2, 0) is 21.4 Å². The maximum absolute atomic E-state index is 13.6. The fraction of sp³-hybridized carbons (Fsp3) is 0.321. The number of nitrogens with zero attached hydrogens (tertiary/aromatic N) is 2. The van der Waals surface area contributed by atoms with E-state index in [0.29, 0.717) is 37.1 Å². The number of ketones is 1. The summed E-state index contributed by atoms with van der Waals surface area (Å²) in [7, 11) is -3.22. The fourth-order valence-corrected chi connectivity index (χ4v) is 5.99. The minimum absolute atomic E-state index is 0.125. The number of rotatable bonds is 8. The highest BCUT2D eigenvalue weighted by molar-refractivity contribution is 7.92. The van der Waals surface area contributed by atoms with Crippen molar-refractivity contribution in [3.8, 4) is 5.75 Å². The smallest absolute Gasteiger partial charge is 0.496 e. The molecule has 1 unspecified atom stereocenters. The van der Waals surface area contributed by atoms with E-state index in [9.17, 15) is 26.4 Å². The first-order valence-corrected chi connectivity index (χ1v) is 13.9. The molecule has 0 amide bonds. The van der Waals surface area contributed by atoms with Crippen LogP contribution in [0.15, 0.2) is 78.9 Å². The van der Waals surface area contributed by atoms with Crippen LogP contribution in [0.4, 0.5) is 18.9 Å². The lowest BCUT2D eigenvalue weighted by Gasteiger charge is -2.37. The molecule has 1 aliphatic heterocycles. The van der Waals surface area contributed by atoms with Crippen molar-refractivity contribution in [1.82, 2.24) is 4.90 Å². The largest absolute Gasteiger partial charge is 0.498 e. The van der Waals surface area contributed by atoms with Gasteiger partial charge in [-0.1, -0.05) is 60.7 Å². The lowest BCUT2D eigenvalue weighted by Crippen LogP contribution is -2.43. The summed E-state index contributed by atoms with van der Waals surface area (Å²) < 4.78 is 69.7. The molecular weight excluding hydrogens is 517 g/mol. The molecule has 3 aromatic rings. The van der Waals surface area contributed by atoms with Crippen LogP contribution in [0.25, 0.3) is 0 Å². The van der Waals surface area contributed by atoms with Gasteiger partial charge in [-0.05, 0) is 29.3 Å². The zero-order valence-corrected chi connectivity index (χ0v) is 21.9. The van der Waals surface area contributed by atoms with E-state index in [1.165, 1.54) is 19.2 Å². The van der Waals surface area contributed by atoms with Gasteiger partial charge in [0.15, 0.2) is 0 Å². The Morgan fingerprint density at radius 2 is 1.58 bits per heavy atom. The number of likely N-dealkylation sites (tertiary alicyclic amines) is 1. The number of ether oxygens (including phenoxy) is 1. The molecule has 0 spiro atoms. The number of hydrogen-bond acceptors (Lipinski definition) is 5. The van der Waals surface area contributed by atoms with Crippen molar-refractivity contribution >= 4 is 21.5 Å². The molecule has 0 saturated carbocycles. The van der Waals surface area contributed by atoms with Gasteiger partial charge < -0.3 is 4.74 Å². The van der Waals surface area contributed by atoms with Crippen molar-refractivity contribution in [2.24, 2.45) is 5.92 Å². The van der Waals surface area contributed by atoms with E-state index in [-0.39, 0.29) is 24.2 Å². The molecule has 10 heteroatoms. The maximum Gasteiger partial charge on any atom is 0.498 e. The number of sulfonamides is 1. The van der Waals surface area contributed by atoms with Crippen LogP contribution in [0.3, 0.4) is 0 Å². The summed E-state index contributed by atoms with van der Waals surface area (Å²) in [6.07, 6.45) is -4.32. The Bertz CT molecular complexity index is 1330. The molecule has 1 heterocycles. The molecule has 0 aromatic heterocycles. The summed E-state index contributed by atoms with van der Waals surface area (Å²) in [5, 5.41) is 0. The second-order valence-electron chi connectivity index (χ2n) is 9.35. The molecule has 38 heavy (non-hydrogen) atoms. The highest BCUT2D eigenvalue weighted by Crippen LogP contribution is 2.38. The molecule has 4 rings (SSSR count). The lowest BCUT2D eigenvalue weighted by molar-refractivity contribution is -0.127. The number of anilines is 1. The van der Waals surface area contributed by atoms with Crippen molar-refractivity contribution < 1.29 is 31.1 Å². The van der Waals surface area contributed by atoms with Crippen molar-refractivity contribution in [3.63, 3.8) is 0 Å². The highest BCUT2D eigenvalue weighted by atomic mass is 32.2. The number of methoxy groups -OCH3 is 1. The second kappa shape index (κ2) is 11.2. The first-order chi connectivity index (χ1) is 18.0. The van der Waals surface area contributed by atoms with Crippen LogP contribution < -0.4 is 9.04 Å². The van der Waals surface area contributed by atoms with E-state index in [1.54, 1.807) is 0 Å². The third-order valence-electron chi connectivity index (χ3n) is 6.72. The van der Waals surface area contributed by atoms with Crippen LogP contribution in [-0.4, -0.2) is 51.9 Å². The molecule has 0 aliphatic carbocycles. The van der Waals surface area contributed by atoms with Gasteiger partial charge in [0.2, 0.25) is 10.0 Å². The Labute approximate surface area is 220 Å². The number of hydrogen-bond donors (Lipinski definition) is 0. The van der Waals surface area contributed by atoms with Gasteiger partial charge >= 0.3 is 6.30 Å². The number of benzene rings is 3. The molecule has 3 aromatic carbocycles. The highest BCUT2D eigenvalue weighted by Gasteiger charge is 2.44. The van der Waals surface area contributed by atoms with Gasteiger partial charge in [-0.25, -0.2) is 8.42 Å². The van der Waals surface area contributed by atoms with E-state index in [1.807, 2.05) is 65.6 Å². The molecule has 0 bridgehead atoms. The van der Waals surface area contributed by atoms with E-state index >= 15 is 0 Å². The number of piperidine rings is 1. The number of carbonyl (C=O) groups is 1. The topological polar surface area (TPSA) is 66.9 Å². The Morgan fingerprint density at radius 1 is 1.00 bits per heavy atom. The van der Waals surface area contributed by atoms with Crippen LogP contribution in [0.1, 0.15) is 29.0 Å². The molecule has 202 valence electrons. The van der Waals surface area contributed by atoms with Crippen LogP contribution >= 0.6 is 0 Å². The summed E-state index contributed by atoms with van der Waals surface area (Å²) in [6.45, 7) is 0.996. The first-order valence-electron chi connectivity index (χ1n) is 12.1. The van der Waals surface area contributed by atoms with Gasteiger partial charge in [0.25, 0.3) is 0 Å². The van der Waals surface area contributed by atoms with E-state index in [4.69, 9.17) is 4.74 Å². The second-order valence-corrected chi connectivity index (χ2v) is 11.2. The molecule has 0 N–H and O–H groups in total. The Morgan fingerprint density at radius 3 is 2.08 bits per heavy atom. The number of carbonyl (C=O) groups excluding carboxylic acids is 1. The fourth-order valence-electron chi connectivity index (χ4n) is 5.12. The van der Waals surface area contributed by atoms with Crippen molar-refractivity contribution in [1.29, 1.82) is 0 Å². The van der Waals surface area contributed by atoms with Crippen LogP contribution in [0.2, 0.25) is 0 Å². The van der Waals surface area contributed by atoms with Crippen molar-refractivity contribution in [2.45, 2.75) is 25.2 Å². The van der Waals surface area contributed by atoms with Gasteiger partial charge in [-0.3, -0.25) is 9.69 Å². The minimum atomic E-state index is -5.12. The molecule has 0 radical (unpaired) electrons. The zero-order chi connectivity index (χ0) is 27.5. The predicted octanol–water partition coefficient (Wildman–Crippen LogP) is 5.20. The van der Waals surface area contributed by atoms with Crippen molar-refractivity contribution in [3.05, 3.63) is 95.6 Å². The molecule has 1 saturated heterocycles. The monoisotopic (exact) mass is 546 g/mol. The molecule has 1 atom stereocenters. The number of halogens is 3. The lowest BCUT2D eigenvalue weighted by atomic mass is 9.76. The normalized spacial score (nSPS) is 17.0. The van der Waals surface area contributed by atoms with Gasteiger partial charge in [-0.2, -0.15) is 4.31 Å². The Kier molecular flexibility index (Phi) is 8.13. The van der Waals surface area contributed by atoms with E-state index in [0.717, 1.165) is 17.2 Å². The number of alkyl halides is 3. The van der Waals surface area contributed by atoms with Crippen molar-refractivity contribution in [2.75, 3.05) is 30.8 Å². The standard InChI is InChI=1S/C28H29F3N2O4S/c1-37-26-14-13-23(33(28(29,30)31)38(2,35)36)17-22(26)18-32-16-15-25(34)24(19-32)27(20-9-5-3-6-10-20)21-11-7-4-8-12-21/h3-14,17,24,27H,15-16,18-19H2,1-2H3. The Balaban J connectivity index is 1.67. The quantitative estimate of drug-likeness (QED) is 0.363. The average Bonchev–Trinajstić information content (AvgIpc) is 2.86. The summed E-state index contributed by atoms with van der Waals surface area (Å²) >= 11 is 0. The van der Waals surface area contributed by atoms with Gasteiger partial charge in [-0.15, -0.1) is 13.2 Å². The van der Waals surface area contributed by atoms with Crippen LogP contribution in [0, 0.1) is 5.92 Å². The Hall–Kier alpha value is -3.37. The summed E-state index contributed by atoms with van der Waals surface area (Å²) in [4.78, 5) is 15.2. The first kappa shape index (κ1) is 27.7. The number of Topliss-reactive ketones (excluding diaryl/α,β-unsaturated/α-hetero) is 1. The third kappa shape index (κ3) is 6.19. The van der Waals surface area contributed by atoms with E-state index in [2.05, 4.69) is 0 Å². The van der Waals surface area contributed by atoms with E-state index < -0.39 is 26.3 Å². The SMILES string of the molecule is COc1ccc(N(C(F)(F)F)S(C)(=O)=O)cc1CN1CCC(=O)C(C(c2ccccc2)c2ccccc2)C1. The van der Waals surface area contributed by atoms with Crippen LogP contribution in [0.5, 0.6) is 5.75 Å². The minimum Gasteiger partial charge on any atom is -0.496 e. The summed E-state index contributed by atoms with van der Waals surface area (Å²) in [5.41, 5.74) is 1.89. The van der Waals surface area contributed by atoms with Gasteiger partial charge in [0, 0.05) is 43.5 Å². The average molecular weight is 547 g/mol. The summed E-state index contributed by atoms with van der Waals surface area (Å²) in [6, 6.07) is 23.1. The van der Waals surface area contributed by atoms with Gasteiger partial charge in [0.05, 0.1) is 19.1 Å². The molecule has 1 aliphatic rings. The van der Waals surface area contributed by atoms with Gasteiger partial charge in [0.1, 0.15) is 11.5 Å². The predicted molar refractivity (Wildman–Crippen MR) is 139 cm³/mol. The molecule has 1 fully saturated rings. The maximum atomic E-state index is 13.6. The summed E-state index contributed by atoms with van der Waals surface area (Å²) in [5.74, 6) is -0.0993.